The standard InChI is InChI=1S/C23H33N3O5/c1-6-23(7-2)21(29)26(22(30)25-23)13-20(28)31-14-19(27)24-16(5)18-10-8-17(9-11-18)12-15(3)4/h8-11,15-16H,6-7,12-14H2,1-5H3,(H,24,27)(H,25,30)/t16-/m1/s1. The molecule has 0 bridgehead atoms. The van der Waals surface area contributed by atoms with E-state index in [-0.39, 0.29) is 6.04 Å². The molecular weight excluding hydrogens is 398 g/mol. The van der Waals surface area contributed by atoms with E-state index >= 15 is 0 Å². The molecular formula is C23H33N3O5. The lowest BCUT2D eigenvalue weighted by Gasteiger charge is -2.22. The SMILES string of the molecule is CCC1(CC)NC(=O)N(CC(=O)OCC(=O)N[C@H](C)c2ccc(CC(C)C)cc2)C1=O. The minimum atomic E-state index is -0.977. The number of rotatable bonds is 10. The molecule has 1 aliphatic heterocycles. The summed E-state index contributed by atoms with van der Waals surface area (Å²) in [6, 6.07) is 7.16. The zero-order valence-corrected chi connectivity index (χ0v) is 19.0. The Labute approximate surface area is 183 Å². The first-order chi connectivity index (χ1) is 14.6. The maximum Gasteiger partial charge on any atom is 0.326 e. The van der Waals surface area contributed by atoms with Crippen LogP contribution in [0, 0.1) is 5.92 Å². The monoisotopic (exact) mass is 431 g/mol. The molecule has 0 radical (unpaired) electrons. The second-order valence-electron chi connectivity index (χ2n) is 8.40. The van der Waals surface area contributed by atoms with Crippen LogP contribution in [0.3, 0.4) is 0 Å². The third-order valence-corrected chi connectivity index (χ3v) is 5.61. The number of carbonyl (C=O) groups excluding carboxylic acids is 4. The fraction of sp³-hybridized carbons (Fsp3) is 0.565. The van der Waals surface area contributed by atoms with Crippen molar-refractivity contribution in [2.75, 3.05) is 13.2 Å². The fourth-order valence-corrected chi connectivity index (χ4v) is 3.65. The van der Waals surface area contributed by atoms with Gasteiger partial charge in [0.25, 0.3) is 11.8 Å². The van der Waals surface area contributed by atoms with Gasteiger partial charge in [-0.1, -0.05) is 52.0 Å². The molecule has 31 heavy (non-hydrogen) atoms. The Morgan fingerprint density at radius 3 is 2.23 bits per heavy atom. The van der Waals surface area contributed by atoms with Crippen LogP contribution in [0.5, 0.6) is 0 Å². The maximum absolute atomic E-state index is 12.5. The van der Waals surface area contributed by atoms with Crippen molar-refractivity contribution in [1.29, 1.82) is 0 Å². The number of ether oxygens (including phenoxy) is 1. The molecule has 8 heteroatoms. The highest BCUT2D eigenvalue weighted by Crippen LogP contribution is 2.24. The lowest BCUT2D eigenvalue weighted by molar-refractivity contribution is -0.151. The van der Waals surface area contributed by atoms with Crippen LogP contribution in [-0.4, -0.2) is 47.4 Å². The van der Waals surface area contributed by atoms with Gasteiger partial charge in [-0.2, -0.15) is 0 Å². The molecule has 4 amide bonds. The Morgan fingerprint density at radius 2 is 1.71 bits per heavy atom. The highest BCUT2D eigenvalue weighted by molar-refractivity contribution is 6.08. The summed E-state index contributed by atoms with van der Waals surface area (Å²) in [6.45, 7) is 8.76. The number of imide groups is 1. The van der Waals surface area contributed by atoms with Crippen LogP contribution >= 0.6 is 0 Å². The van der Waals surface area contributed by atoms with E-state index in [1.54, 1.807) is 13.8 Å². The zero-order valence-electron chi connectivity index (χ0n) is 19.0. The van der Waals surface area contributed by atoms with Crippen LogP contribution in [-0.2, 0) is 25.5 Å². The summed E-state index contributed by atoms with van der Waals surface area (Å²) in [5, 5.41) is 5.42. The van der Waals surface area contributed by atoms with E-state index in [4.69, 9.17) is 4.74 Å². The molecule has 0 saturated carbocycles. The molecule has 2 rings (SSSR count). The van der Waals surface area contributed by atoms with E-state index in [0.717, 1.165) is 16.9 Å². The van der Waals surface area contributed by atoms with E-state index in [0.29, 0.717) is 18.8 Å². The molecule has 0 aromatic heterocycles. The molecule has 0 spiro atoms. The predicted octanol–water partition coefficient (Wildman–Crippen LogP) is 2.72. The van der Waals surface area contributed by atoms with Crippen LogP contribution in [0.25, 0.3) is 0 Å². The number of urea groups is 1. The van der Waals surface area contributed by atoms with Gasteiger partial charge < -0.3 is 15.4 Å². The van der Waals surface area contributed by atoms with Crippen molar-refractivity contribution in [1.82, 2.24) is 15.5 Å². The first-order valence-corrected chi connectivity index (χ1v) is 10.8. The van der Waals surface area contributed by atoms with E-state index in [2.05, 4.69) is 24.5 Å². The number of benzene rings is 1. The van der Waals surface area contributed by atoms with Crippen molar-refractivity contribution in [2.45, 2.75) is 65.5 Å². The van der Waals surface area contributed by atoms with Gasteiger partial charge in [-0.15, -0.1) is 0 Å². The molecule has 170 valence electrons. The molecule has 8 nitrogen and oxygen atoms in total. The molecule has 1 aromatic carbocycles. The lowest BCUT2D eigenvalue weighted by Crippen LogP contribution is -2.46. The Bertz CT molecular complexity index is 815. The first kappa shape index (κ1) is 24.4. The summed E-state index contributed by atoms with van der Waals surface area (Å²) in [4.78, 5) is 49.7. The summed E-state index contributed by atoms with van der Waals surface area (Å²) >= 11 is 0. The van der Waals surface area contributed by atoms with Gasteiger partial charge in [-0.25, -0.2) is 4.79 Å². The van der Waals surface area contributed by atoms with Gasteiger partial charge in [-0.05, 0) is 43.2 Å². The van der Waals surface area contributed by atoms with E-state index in [1.807, 2.05) is 31.2 Å². The molecule has 2 N–H and O–H groups in total. The highest BCUT2D eigenvalue weighted by Gasteiger charge is 2.49. The lowest BCUT2D eigenvalue weighted by atomic mass is 9.93. The third kappa shape index (κ3) is 6.06. The van der Waals surface area contributed by atoms with Gasteiger partial charge in [0.05, 0.1) is 6.04 Å². The average molecular weight is 432 g/mol. The molecule has 1 atom stereocenters. The minimum absolute atomic E-state index is 0.250. The third-order valence-electron chi connectivity index (χ3n) is 5.61. The van der Waals surface area contributed by atoms with Crippen molar-refractivity contribution < 1.29 is 23.9 Å². The number of nitrogens with one attached hydrogen (secondary N) is 2. The van der Waals surface area contributed by atoms with Gasteiger partial charge in [-0.3, -0.25) is 19.3 Å². The van der Waals surface area contributed by atoms with Crippen LogP contribution in [0.1, 0.15) is 64.6 Å². The number of amides is 4. The van der Waals surface area contributed by atoms with Gasteiger partial charge in [0.2, 0.25) is 0 Å². The van der Waals surface area contributed by atoms with Crippen molar-refractivity contribution >= 4 is 23.8 Å². The smallest absolute Gasteiger partial charge is 0.326 e. The Hall–Kier alpha value is -2.90. The predicted molar refractivity (Wildman–Crippen MR) is 116 cm³/mol. The van der Waals surface area contributed by atoms with E-state index in [9.17, 15) is 19.2 Å². The van der Waals surface area contributed by atoms with Crippen molar-refractivity contribution in [3.63, 3.8) is 0 Å². The molecule has 1 saturated heterocycles. The normalized spacial score (nSPS) is 16.3. The van der Waals surface area contributed by atoms with E-state index in [1.165, 1.54) is 5.56 Å². The summed E-state index contributed by atoms with van der Waals surface area (Å²) in [7, 11) is 0. The fourth-order valence-electron chi connectivity index (χ4n) is 3.65. The number of carbonyl (C=O) groups is 4. The molecule has 1 aromatic rings. The molecule has 1 heterocycles. The van der Waals surface area contributed by atoms with Crippen LogP contribution in [0.2, 0.25) is 0 Å². The van der Waals surface area contributed by atoms with Crippen LogP contribution < -0.4 is 10.6 Å². The van der Waals surface area contributed by atoms with E-state index < -0.39 is 42.5 Å². The number of esters is 1. The Balaban J connectivity index is 1.82. The van der Waals surface area contributed by atoms with Crippen LogP contribution in [0.4, 0.5) is 4.79 Å². The van der Waals surface area contributed by atoms with Gasteiger partial charge in [0, 0.05) is 0 Å². The largest absolute Gasteiger partial charge is 0.454 e. The average Bonchev–Trinajstić information content (AvgIpc) is 2.97. The molecule has 1 fully saturated rings. The summed E-state index contributed by atoms with van der Waals surface area (Å²) in [5.41, 5.74) is 1.21. The second-order valence-corrected chi connectivity index (χ2v) is 8.40. The van der Waals surface area contributed by atoms with Gasteiger partial charge >= 0.3 is 12.0 Å². The summed E-state index contributed by atoms with van der Waals surface area (Å²) < 4.78 is 4.97. The topological polar surface area (TPSA) is 105 Å². The number of hydrogen-bond acceptors (Lipinski definition) is 5. The molecule has 1 aliphatic rings. The Morgan fingerprint density at radius 1 is 1.10 bits per heavy atom. The first-order valence-electron chi connectivity index (χ1n) is 10.8. The van der Waals surface area contributed by atoms with Crippen molar-refractivity contribution in [3.8, 4) is 0 Å². The summed E-state index contributed by atoms with van der Waals surface area (Å²) in [5.74, 6) is -1.15. The highest BCUT2D eigenvalue weighted by atomic mass is 16.5. The van der Waals surface area contributed by atoms with Gasteiger partial charge in [0.1, 0.15) is 12.1 Å². The van der Waals surface area contributed by atoms with Gasteiger partial charge in [0.15, 0.2) is 6.61 Å². The maximum atomic E-state index is 12.5. The quantitative estimate of drug-likeness (QED) is 0.438. The van der Waals surface area contributed by atoms with Crippen molar-refractivity contribution in [2.24, 2.45) is 5.92 Å². The number of hydrogen-bond donors (Lipinski definition) is 2. The molecule has 0 unspecified atom stereocenters. The van der Waals surface area contributed by atoms with Crippen molar-refractivity contribution in [3.05, 3.63) is 35.4 Å². The summed E-state index contributed by atoms with van der Waals surface area (Å²) in [6.07, 6.45) is 1.85. The molecule has 0 aliphatic carbocycles. The zero-order chi connectivity index (χ0) is 23.2. The number of nitrogens with zero attached hydrogens (tertiary/aromatic N) is 1. The minimum Gasteiger partial charge on any atom is -0.454 e. The van der Waals surface area contributed by atoms with Crippen LogP contribution in [0.15, 0.2) is 24.3 Å². The second kappa shape index (κ2) is 10.4. The Kier molecular flexibility index (Phi) is 8.19.